The van der Waals surface area contributed by atoms with Gasteiger partial charge in [-0.25, -0.2) is 9.97 Å². The molecule has 2 aromatic heterocycles. The first-order valence-corrected chi connectivity index (χ1v) is 17.1. The Bertz CT molecular complexity index is 1970. The summed E-state index contributed by atoms with van der Waals surface area (Å²) in [5, 5.41) is 10.4. The van der Waals surface area contributed by atoms with Crippen molar-refractivity contribution in [2.75, 3.05) is 27.2 Å². The van der Waals surface area contributed by atoms with E-state index in [1.165, 1.54) is 32.0 Å². The largest absolute Gasteiger partial charge is 0.331 e. The number of hydrogen-bond acceptors (Lipinski definition) is 7. The molecule has 0 bridgehead atoms. The van der Waals surface area contributed by atoms with Gasteiger partial charge in [-0.05, 0) is 76.0 Å². The minimum absolute atomic E-state index is 0.0849. The van der Waals surface area contributed by atoms with Crippen LogP contribution in [0, 0.1) is 11.3 Å². The zero-order valence-corrected chi connectivity index (χ0v) is 29.1. The van der Waals surface area contributed by atoms with Crippen LogP contribution in [0.15, 0.2) is 88.7 Å². The van der Waals surface area contributed by atoms with Crippen LogP contribution in [0.25, 0.3) is 27.5 Å². The molecule has 1 unspecified atom stereocenters. The molecule has 0 aliphatic rings. The molecule has 3 aromatic carbocycles. The van der Waals surface area contributed by atoms with Gasteiger partial charge in [-0.2, -0.15) is 5.26 Å². The van der Waals surface area contributed by atoms with Crippen LogP contribution in [0.3, 0.4) is 0 Å². The first kappa shape index (κ1) is 36.7. The summed E-state index contributed by atoms with van der Waals surface area (Å²) in [6, 6.07) is 23.2. The molecule has 5 rings (SSSR count). The third-order valence-corrected chi connectivity index (χ3v) is 8.55. The van der Waals surface area contributed by atoms with Gasteiger partial charge in [-0.1, -0.05) is 69.7 Å². The van der Waals surface area contributed by atoms with Gasteiger partial charge in [0.2, 0.25) is 5.91 Å². The maximum Gasteiger partial charge on any atom is 0.266 e. The van der Waals surface area contributed by atoms with Crippen LogP contribution in [-0.2, 0) is 4.79 Å². The molecule has 0 spiro atoms. The summed E-state index contributed by atoms with van der Waals surface area (Å²) in [6.07, 6.45) is 9.95. The maximum absolute atomic E-state index is 13.7. The predicted molar refractivity (Wildman–Crippen MR) is 196 cm³/mol. The second-order valence-electron chi connectivity index (χ2n) is 12.5. The monoisotopic (exact) mass is 661 g/mol. The minimum atomic E-state index is -0.417. The summed E-state index contributed by atoms with van der Waals surface area (Å²) in [6.45, 7) is 5.42. The Morgan fingerprint density at radius 1 is 0.857 bits per heavy atom. The highest BCUT2D eigenvalue weighted by Gasteiger charge is 2.26. The van der Waals surface area contributed by atoms with Crippen LogP contribution in [-0.4, -0.2) is 62.4 Å². The topological polar surface area (TPSA) is 128 Å². The van der Waals surface area contributed by atoms with Crippen molar-refractivity contribution >= 4 is 27.7 Å². The van der Waals surface area contributed by atoms with E-state index in [1.807, 2.05) is 62.3 Å². The summed E-state index contributed by atoms with van der Waals surface area (Å²) in [4.78, 5) is 53.7. The maximum atomic E-state index is 13.7. The Kier molecular flexibility index (Phi) is 13.8. The third kappa shape index (κ3) is 9.94. The quantitative estimate of drug-likeness (QED) is 0.130. The van der Waals surface area contributed by atoms with Gasteiger partial charge in [0.15, 0.2) is 0 Å². The summed E-state index contributed by atoms with van der Waals surface area (Å²) in [5.41, 5.74) is 2.21. The van der Waals surface area contributed by atoms with Crippen LogP contribution in [0.2, 0.25) is 0 Å². The van der Waals surface area contributed by atoms with E-state index < -0.39 is 6.04 Å². The van der Waals surface area contributed by atoms with Gasteiger partial charge >= 0.3 is 0 Å². The van der Waals surface area contributed by atoms with Crippen LogP contribution in [0.1, 0.15) is 82.6 Å². The standard InChI is InChI=1S/C31H41N5O2.C8H6N2O/c1-5-6-7-8-9-10-11-16-29(37)35(22-21-34(3)4)24(2)30-33-28-15-13-12-14-27(28)31(38)36(30)26-19-17-25(23-32)18-20-26;11-8-6-3-1-2-4-7(6)9-5-10-8/h12-15,17-20,24H,5-11,16,21-22H2,1-4H3;1-5H,(H,9,10,11). The Hall–Kier alpha value is -5.14. The SMILES string of the molecule is CCCCCCCCCC(=O)N(CCN(C)C)C(C)c1nc2ccccc2c(=O)n1-c1ccc(C#N)cc1.O=c1[nH]cnc2ccccc12. The lowest BCUT2D eigenvalue weighted by Crippen LogP contribution is -2.40. The number of benzene rings is 3. The molecule has 2 heterocycles. The summed E-state index contributed by atoms with van der Waals surface area (Å²) in [7, 11) is 3.98. The zero-order chi connectivity index (χ0) is 35.2. The van der Waals surface area contributed by atoms with Gasteiger partial charge in [-0.3, -0.25) is 19.0 Å². The van der Waals surface area contributed by atoms with Crippen LogP contribution in [0.5, 0.6) is 0 Å². The Morgan fingerprint density at radius 3 is 2.14 bits per heavy atom. The smallest absolute Gasteiger partial charge is 0.266 e. The van der Waals surface area contributed by atoms with Crippen molar-refractivity contribution in [2.45, 2.75) is 71.3 Å². The number of nitrogens with one attached hydrogen (secondary N) is 1. The molecule has 1 amide bonds. The minimum Gasteiger partial charge on any atom is -0.331 e. The molecule has 0 saturated heterocycles. The number of aromatic nitrogens is 4. The van der Waals surface area contributed by atoms with Gasteiger partial charge in [0.05, 0.1) is 51.5 Å². The highest BCUT2D eigenvalue weighted by molar-refractivity contribution is 5.79. The van der Waals surface area contributed by atoms with E-state index in [0.717, 1.165) is 24.8 Å². The summed E-state index contributed by atoms with van der Waals surface area (Å²) >= 11 is 0. The Balaban J connectivity index is 0.000000411. The molecule has 0 radical (unpaired) electrons. The van der Waals surface area contributed by atoms with Crippen LogP contribution < -0.4 is 11.1 Å². The first-order valence-electron chi connectivity index (χ1n) is 17.1. The zero-order valence-electron chi connectivity index (χ0n) is 29.1. The van der Waals surface area contributed by atoms with E-state index in [2.05, 4.69) is 27.9 Å². The van der Waals surface area contributed by atoms with Crippen molar-refractivity contribution in [1.82, 2.24) is 29.3 Å². The number of H-pyrrole nitrogens is 1. The lowest BCUT2D eigenvalue weighted by atomic mass is 10.1. The number of fused-ring (bicyclic) bond motifs is 2. The number of hydrogen-bond donors (Lipinski definition) is 1. The average Bonchev–Trinajstić information content (AvgIpc) is 3.11. The number of para-hydroxylation sites is 2. The average molecular weight is 662 g/mol. The van der Waals surface area contributed by atoms with E-state index in [4.69, 9.17) is 4.98 Å². The fraction of sp³-hybridized carbons (Fsp3) is 0.385. The fourth-order valence-corrected chi connectivity index (χ4v) is 5.74. The molecule has 1 N–H and O–H groups in total. The van der Waals surface area contributed by atoms with Gasteiger partial charge in [-0.15, -0.1) is 0 Å². The molecule has 5 aromatic rings. The van der Waals surface area contributed by atoms with Gasteiger partial charge < -0.3 is 14.8 Å². The van der Waals surface area contributed by atoms with E-state index in [0.29, 0.717) is 52.9 Å². The number of nitrogens with zero attached hydrogens (tertiary/aromatic N) is 6. The van der Waals surface area contributed by atoms with Gasteiger partial charge in [0, 0.05) is 19.5 Å². The normalized spacial score (nSPS) is 11.6. The van der Waals surface area contributed by atoms with Gasteiger partial charge in [0.25, 0.3) is 11.1 Å². The molecule has 0 saturated carbocycles. The molecule has 256 valence electrons. The molecular formula is C39H47N7O3. The van der Waals surface area contributed by atoms with Crippen molar-refractivity contribution in [3.8, 4) is 11.8 Å². The Morgan fingerprint density at radius 2 is 1.49 bits per heavy atom. The molecule has 0 fully saturated rings. The first-order chi connectivity index (χ1) is 23.7. The summed E-state index contributed by atoms with van der Waals surface area (Å²) in [5.74, 6) is 0.603. The van der Waals surface area contributed by atoms with Crippen molar-refractivity contribution in [2.24, 2.45) is 0 Å². The number of nitriles is 1. The third-order valence-electron chi connectivity index (χ3n) is 8.55. The molecule has 0 aliphatic heterocycles. The van der Waals surface area contributed by atoms with Crippen molar-refractivity contribution in [3.63, 3.8) is 0 Å². The number of amides is 1. The van der Waals surface area contributed by atoms with Crippen molar-refractivity contribution in [3.05, 3.63) is 111 Å². The molecule has 49 heavy (non-hydrogen) atoms. The number of carbonyl (C=O) groups excluding carboxylic acids is 1. The van der Waals surface area contributed by atoms with E-state index >= 15 is 0 Å². The van der Waals surface area contributed by atoms with Crippen molar-refractivity contribution < 1.29 is 4.79 Å². The number of carbonyl (C=O) groups is 1. The number of likely N-dealkylation sites (N-methyl/N-ethyl adjacent to an activating group) is 1. The lowest BCUT2D eigenvalue weighted by molar-refractivity contribution is -0.133. The molecule has 10 nitrogen and oxygen atoms in total. The molecule has 10 heteroatoms. The highest BCUT2D eigenvalue weighted by Crippen LogP contribution is 2.24. The second kappa shape index (κ2) is 18.4. The van der Waals surface area contributed by atoms with E-state index in [1.54, 1.807) is 41.0 Å². The predicted octanol–water partition coefficient (Wildman–Crippen LogP) is 6.77. The molecule has 1 atom stereocenters. The van der Waals surface area contributed by atoms with E-state index in [-0.39, 0.29) is 17.0 Å². The number of rotatable bonds is 14. The molecular weight excluding hydrogens is 614 g/mol. The lowest BCUT2D eigenvalue weighted by Gasteiger charge is -2.31. The summed E-state index contributed by atoms with van der Waals surface area (Å²) < 4.78 is 1.60. The van der Waals surface area contributed by atoms with Crippen LogP contribution >= 0.6 is 0 Å². The van der Waals surface area contributed by atoms with Crippen molar-refractivity contribution in [1.29, 1.82) is 5.26 Å². The van der Waals surface area contributed by atoms with Crippen LogP contribution in [0.4, 0.5) is 0 Å². The number of unbranched alkanes of at least 4 members (excludes halogenated alkanes) is 6. The fourth-order valence-electron chi connectivity index (χ4n) is 5.74. The van der Waals surface area contributed by atoms with E-state index in [9.17, 15) is 19.6 Å². The number of aromatic amines is 1. The molecule has 0 aliphatic carbocycles. The van der Waals surface area contributed by atoms with Gasteiger partial charge in [0.1, 0.15) is 5.82 Å². The Labute approximate surface area is 288 Å². The second-order valence-corrected chi connectivity index (χ2v) is 12.5. The highest BCUT2D eigenvalue weighted by atomic mass is 16.2.